The Bertz CT molecular complexity index is 722. The molecular weight excluding hydrogens is 332 g/mol. The van der Waals surface area contributed by atoms with Crippen LogP contribution in [0.3, 0.4) is 0 Å². The van der Waals surface area contributed by atoms with Crippen molar-refractivity contribution < 1.29 is 28.8 Å². The van der Waals surface area contributed by atoms with Crippen LogP contribution in [0.15, 0.2) is 18.2 Å². The van der Waals surface area contributed by atoms with Gasteiger partial charge in [0.25, 0.3) is 11.5 Å². The zero-order valence-electron chi connectivity index (χ0n) is 14.0. The van der Waals surface area contributed by atoms with Crippen LogP contribution in [-0.4, -0.2) is 35.0 Å². The number of non-ortho nitro benzene ring substituents is 1. The number of aryl methyl sites for hydroxylation is 1. The minimum atomic E-state index is -1.60. The van der Waals surface area contributed by atoms with Crippen LogP contribution in [0.25, 0.3) is 0 Å². The Morgan fingerprint density at radius 2 is 1.88 bits per heavy atom. The molecule has 0 saturated carbocycles. The number of carbonyl (C=O) groups excluding carboxylic acids is 3. The lowest BCUT2D eigenvalue weighted by Gasteiger charge is -2.32. The fourth-order valence-electron chi connectivity index (χ4n) is 2.36. The Labute approximate surface area is 143 Å². The van der Waals surface area contributed by atoms with E-state index >= 15 is 0 Å². The van der Waals surface area contributed by atoms with Crippen LogP contribution in [0.2, 0.25) is 0 Å². The van der Waals surface area contributed by atoms with E-state index in [2.05, 4.69) is 5.32 Å². The second kappa shape index (κ2) is 6.88. The number of carbonyl (C=O) groups is 3. The third kappa shape index (κ3) is 4.31. The maximum absolute atomic E-state index is 12.1. The molecule has 0 spiro atoms. The van der Waals surface area contributed by atoms with Gasteiger partial charge in [0.2, 0.25) is 5.92 Å². The van der Waals surface area contributed by atoms with Gasteiger partial charge in [-0.25, -0.2) is 0 Å². The molecule has 0 radical (unpaired) electrons. The van der Waals surface area contributed by atoms with Gasteiger partial charge >= 0.3 is 11.9 Å². The SMILES string of the molecule is Cc1ccc([N+](=O)[O-])cc1NCCC(=O)C1C(=O)OC(C)(C)OC1=O. The lowest BCUT2D eigenvalue weighted by Crippen LogP contribution is -2.49. The summed E-state index contributed by atoms with van der Waals surface area (Å²) in [5.74, 6) is -5.49. The second-order valence-corrected chi connectivity index (χ2v) is 6.07. The molecule has 2 rings (SSSR count). The maximum atomic E-state index is 12.1. The number of Topliss-reactive ketones (excluding diaryl/α,β-unsaturated/α-hetero) is 1. The van der Waals surface area contributed by atoms with Crippen molar-refractivity contribution >= 4 is 29.1 Å². The average molecular weight is 350 g/mol. The van der Waals surface area contributed by atoms with Crippen LogP contribution in [-0.2, 0) is 23.9 Å². The number of hydrogen-bond donors (Lipinski definition) is 1. The summed E-state index contributed by atoms with van der Waals surface area (Å²) in [4.78, 5) is 46.1. The van der Waals surface area contributed by atoms with Crippen LogP contribution in [0.1, 0.15) is 25.8 Å². The van der Waals surface area contributed by atoms with Crippen molar-refractivity contribution in [2.75, 3.05) is 11.9 Å². The van der Waals surface area contributed by atoms with Crippen molar-refractivity contribution in [2.45, 2.75) is 33.0 Å². The largest absolute Gasteiger partial charge is 0.422 e. The summed E-state index contributed by atoms with van der Waals surface area (Å²) in [5.41, 5.74) is 1.18. The second-order valence-electron chi connectivity index (χ2n) is 6.07. The molecule has 9 heteroatoms. The third-order valence-corrected chi connectivity index (χ3v) is 3.60. The van der Waals surface area contributed by atoms with E-state index < -0.39 is 34.4 Å². The Hall–Kier alpha value is -2.97. The molecule has 0 amide bonds. The van der Waals surface area contributed by atoms with E-state index in [1.165, 1.54) is 26.0 Å². The van der Waals surface area contributed by atoms with Gasteiger partial charge in [-0.05, 0) is 12.5 Å². The summed E-state index contributed by atoms with van der Waals surface area (Å²) < 4.78 is 9.81. The zero-order valence-corrected chi connectivity index (χ0v) is 14.0. The van der Waals surface area contributed by atoms with Gasteiger partial charge in [-0.1, -0.05) is 6.07 Å². The summed E-state index contributed by atoms with van der Waals surface area (Å²) in [6, 6.07) is 4.31. The smallest absolute Gasteiger partial charge is 0.331 e. The van der Waals surface area contributed by atoms with Gasteiger partial charge in [-0.2, -0.15) is 0 Å². The molecule has 1 aromatic rings. The third-order valence-electron chi connectivity index (χ3n) is 3.60. The molecule has 134 valence electrons. The molecule has 0 aliphatic carbocycles. The van der Waals surface area contributed by atoms with E-state index in [9.17, 15) is 24.5 Å². The van der Waals surface area contributed by atoms with E-state index in [1.807, 2.05) is 0 Å². The van der Waals surface area contributed by atoms with Gasteiger partial charge in [-0.15, -0.1) is 0 Å². The van der Waals surface area contributed by atoms with E-state index in [4.69, 9.17) is 9.47 Å². The first-order valence-corrected chi connectivity index (χ1v) is 7.58. The summed E-state index contributed by atoms with van der Waals surface area (Å²) in [6.45, 7) is 4.65. The molecular formula is C16H18N2O7. The lowest BCUT2D eigenvalue weighted by molar-refractivity contribution is -0.384. The molecule has 1 N–H and O–H groups in total. The number of ketones is 1. The molecule has 0 unspecified atom stereocenters. The first-order valence-electron chi connectivity index (χ1n) is 7.58. The van der Waals surface area contributed by atoms with Crippen molar-refractivity contribution in [2.24, 2.45) is 5.92 Å². The molecule has 1 aliphatic rings. The van der Waals surface area contributed by atoms with Crippen molar-refractivity contribution in [1.29, 1.82) is 0 Å². The first-order chi connectivity index (χ1) is 11.6. The maximum Gasteiger partial charge on any atom is 0.331 e. The fourth-order valence-corrected chi connectivity index (χ4v) is 2.36. The van der Waals surface area contributed by atoms with Crippen LogP contribution in [0, 0.1) is 23.0 Å². The molecule has 1 saturated heterocycles. The monoisotopic (exact) mass is 350 g/mol. The highest BCUT2D eigenvalue weighted by atomic mass is 16.7. The number of rotatable bonds is 6. The number of nitro groups is 1. The number of nitro benzene ring substituents is 1. The zero-order chi connectivity index (χ0) is 18.8. The van der Waals surface area contributed by atoms with Crippen LogP contribution in [0.4, 0.5) is 11.4 Å². The van der Waals surface area contributed by atoms with E-state index in [1.54, 1.807) is 13.0 Å². The molecule has 0 atom stereocenters. The Kier molecular flexibility index (Phi) is 5.05. The minimum absolute atomic E-state index is 0.0823. The Morgan fingerprint density at radius 1 is 1.28 bits per heavy atom. The molecule has 0 bridgehead atoms. The lowest BCUT2D eigenvalue weighted by atomic mass is 10.0. The summed E-state index contributed by atoms with van der Waals surface area (Å²) in [6.07, 6.45) is -0.141. The first kappa shape index (κ1) is 18.4. The molecule has 25 heavy (non-hydrogen) atoms. The van der Waals surface area contributed by atoms with Gasteiger partial charge in [0.1, 0.15) is 0 Å². The van der Waals surface area contributed by atoms with E-state index in [-0.39, 0.29) is 18.7 Å². The van der Waals surface area contributed by atoms with E-state index in [0.717, 1.165) is 5.56 Å². The molecule has 1 fully saturated rings. The Balaban J connectivity index is 1.97. The number of anilines is 1. The van der Waals surface area contributed by atoms with Gasteiger partial charge in [-0.3, -0.25) is 24.5 Å². The van der Waals surface area contributed by atoms with Crippen molar-refractivity contribution in [3.8, 4) is 0 Å². The normalized spacial score (nSPS) is 16.8. The standard InChI is InChI=1S/C16H18N2O7/c1-9-4-5-10(18(22)23)8-11(9)17-7-6-12(19)13-14(20)24-16(2,3)25-15(13)21/h4-5,8,13,17H,6-7H2,1-3H3. The van der Waals surface area contributed by atoms with Crippen LogP contribution < -0.4 is 5.32 Å². The molecule has 1 aromatic carbocycles. The molecule has 0 aromatic heterocycles. The van der Waals surface area contributed by atoms with Gasteiger partial charge in [0.05, 0.1) is 4.92 Å². The van der Waals surface area contributed by atoms with Crippen molar-refractivity contribution in [3.63, 3.8) is 0 Å². The number of esters is 2. The highest BCUT2D eigenvalue weighted by Crippen LogP contribution is 2.25. The summed E-state index contributed by atoms with van der Waals surface area (Å²) in [5, 5.41) is 13.7. The number of nitrogens with one attached hydrogen (secondary N) is 1. The topological polar surface area (TPSA) is 125 Å². The predicted molar refractivity (Wildman–Crippen MR) is 85.7 cm³/mol. The molecule has 9 nitrogen and oxygen atoms in total. The van der Waals surface area contributed by atoms with Gasteiger partial charge < -0.3 is 14.8 Å². The number of hydrogen-bond acceptors (Lipinski definition) is 8. The average Bonchev–Trinajstić information content (AvgIpc) is 2.46. The quantitative estimate of drug-likeness (QED) is 0.356. The predicted octanol–water partition coefficient (Wildman–Crippen LogP) is 1.73. The number of ether oxygens (including phenoxy) is 2. The van der Waals surface area contributed by atoms with Crippen molar-refractivity contribution in [1.82, 2.24) is 0 Å². The van der Waals surface area contributed by atoms with Crippen LogP contribution >= 0.6 is 0 Å². The number of nitrogens with zero attached hydrogens (tertiary/aromatic N) is 1. The van der Waals surface area contributed by atoms with E-state index in [0.29, 0.717) is 5.69 Å². The highest BCUT2D eigenvalue weighted by Gasteiger charge is 2.46. The molecule has 1 heterocycles. The van der Waals surface area contributed by atoms with Gasteiger partial charge in [0.15, 0.2) is 5.78 Å². The number of benzene rings is 1. The van der Waals surface area contributed by atoms with Crippen LogP contribution in [0.5, 0.6) is 0 Å². The van der Waals surface area contributed by atoms with Gasteiger partial charge in [0, 0.05) is 44.6 Å². The highest BCUT2D eigenvalue weighted by molar-refractivity contribution is 6.15. The summed E-state index contributed by atoms with van der Waals surface area (Å²) in [7, 11) is 0. The number of cyclic esters (lactones) is 2. The summed E-state index contributed by atoms with van der Waals surface area (Å²) >= 11 is 0. The minimum Gasteiger partial charge on any atom is -0.422 e. The fraction of sp³-hybridized carbons (Fsp3) is 0.438. The van der Waals surface area contributed by atoms with Crippen molar-refractivity contribution in [3.05, 3.63) is 33.9 Å². The Morgan fingerprint density at radius 3 is 2.44 bits per heavy atom. The molecule has 1 aliphatic heterocycles.